The van der Waals surface area contributed by atoms with Gasteiger partial charge >= 0.3 is 0 Å². The second-order valence-corrected chi connectivity index (χ2v) is 12.8. The van der Waals surface area contributed by atoms with Crippen molar-refractivity contribution in [1.29, 1.82) is 0 Å². The number of carbonyl (C=O) groups is 1. The molecule has 2 aliphatic rings. The molecule has 0 spiro atoms. The summed E-state index contributed by atoms with van der Waals surface area (Å²) in [6.07, 6.45) is 6.73. The van der Waals surface area contributed by atoms with Crippen LogP contribution in [0.2, 0.25) is 0 Å². The quantitative estimate of drug-likeness (QED) is 0.398. The zero-order chi connectivity index (χ0) is 27.5. The van der Waals surface area contributed by atoms with Gasteiger partial charge in [0.2, 0.25) is 0 Å². The minimum Gasteiger partial charge on any atom is -0.494 e. The smallest absolute Gasteiger partial charge is 0.162 e. The van der Waals surface area contributed by atoms with Gasteiger partial charge in [0.25, 0.3) is 0 Å². The number of ether oxygens (including phenoxy) is 1. The predicted molar refractivity (Wildman–Crippen MR) is 149 cm³/mol. The molecule has 1 aromatic carbocycles. The molecule has 38 heavy (non-hydrogen) atoms. The summed E-state index contributed by atoms with van der Waals surface area (Å²) in [6, 6.07) is 9.98. The number of pyridine rings is 2. The van der Waals surface area contributed by atoms with Crippen molar-refractivity contribution in [1.82, 2.24) is 9.97 Å². The van der Waals surface area contributed by atoms with E-state index in [9.17, 15) is 4.79 Å². The van der Waals surface area contributed by atoms with E-state index in [1.54, 1.807) is 0 Å². The highest BCUT2D eigenvalue weighted by molar-refractivity contribution is 6.03. The van der Waals surface area contributed by atoms with Gasteiger partial charge in [-0.05, 0) is 59.4 Å². The number of Topliss-reactive ketones (excluding diaryl/α,β-unsaturated/α-hetero) is 1. The number of allylic oxidation sites excluding steroid dienone is 2. The van der Waals surface area contributed by atoms with E-state index in [0.717, 1.165) is 46.6 Å². The molecule has 5 nitrogen and oxygen atoms in total. The van der Waals surface area contributed by atoms with Crippen LogP contribution in [-0.4, -0.2) is 22.9 Å². The number of hydrogen-bond donors (Lipinski definition) is 1. The monoisotopic (exact) mass is 513 g/mol. The number of carbonyl (C=O) groups excluding carboxylic acids is 1. The number of ketones is 1. The average molecular weight is 514 g/mol. The molecular formula is C32H36FN3O2. The van der Waals surface area contributed by atoms with E-state index in [1.807, 2.05) is 30.5 Å². The van der Waals surface area contributed by atoms with Gasteiger partial charge in [-0.15, -0.1) is 0 Å². The van der Waals surface area contributed by atoms with Crippen LogP contribution < -0.4 is 10.1 Å². The number of nitrogens with one attached hydrogen (secondary N) is 1. The fourth-order valence-electron chi connectivity index (χ4n) is 6.12. The SMILES string of the molecule is COc1cncc(F)c1-c1cccc([C@]2(C)C3=C(CC(C)(C)CC3=O)Nc3ncc(CC(C)(C)C)cc32)c1. The summed E-state index contributed by atoms with van der Waals surface area (Å²) in [5, 5.41) is 3.53. The first kappa shape index (κ1) is 26.1. The van der Waals surface area contributed by atoms with Gasteiger partial charge in [0.05, 0.1) is 30.5 Å². The van der Waals surface area contributed by atoms with E-state index in [4.69, 9.17) is 9.72 Å². The van der Waals surface area contributed by atoms with Crippen molar-refractivity contribution in [2.75, 3.05) is 12.4 Å². The standard InChI is InChI=1S/C32H36FN3O2/c1-30(2,3)13-19-11-22-29(35-16-19)36-24-14-31(4,5)15-25(37)28(24)32(22,6)21-10-8-9-20(12-21)27-23(33)17-34-18-26(27)38-7/h8-12,16-18H,13-15H2,1-7H3,(H,35,36)/t32-/m0/s1. The highest BCUT2D eigenvalue weighted by atomic mass is 19.1. The fourth-order valence-corrected chi connectivity index (χ4v) is 6.12. The van der Waals surface area contributed by atoms with Crippen LogP contribution in [0, 0.1) is 16.6 Å². The van der Waals surface area contributed by atoms with Crippen LogP contribution in [0.15, 0.2) is 60.2 Å². The number of rotatable bonds is 4. The maximum atomic E-state index is 15.0. The van der Waals surface area contributed by atoms with Gasteiger partial charge in [0.15, 0.2) is 11.6 Å². The number of benzene rings is 1. The van der Waals surface area contributed by atoms with Gasteiger partial charge < -0.3 is 10.1 Å². The molecule has 1 aliphatic heterocycles. The lowest BCUT2D eigenvalue weighted by atomic mass is 9.61. The normalized spacial score (nSPS) is 20.5. The Balaban J connectivity index is 1.76. The Morgan fingerprint density at radius 3 is 2.55 bits per heavy atom. The summed E-state index contributed by atoms with van der Waals surface area (Å²) in [6.45, 7) is 13.0. The Morgan fingerprint density at radius 2 is 1.84 bits per heavy atom. The molecule has 2 aromatic heterocycles. The maximum absolute atomic E-state index is 15.0. The molecular weight excluding hydrogens is 477 g/mol. The second-order valence-electron chi connectivity index (χ2n) is 12.8. The molecule has 0 radical (unpaired) electrons. The van der Waals surface area contributed by atoms with Crippen molar-refractivity contribution in [2.24, 2.45) is 10.8 Å². The number of nitrogens with zero attached hydrogens (tertiary/aromatic N) is 2. The van der Waals surface area contributed by atoms with Gasteiger partial charge in [0.1, 0.15) is 11.6 Å². The largest absolute Gasteiger partial charge is 0.494 e. The summed E-state index contributed by atoms with van der Waals surface area (Å²) < 4.78 is 20.5. The molecule has 1 aliphatic carbocycles. The summed E-state index contributed by atoms with van der Waals surface area (Å²) in [5.41, 5.74) is 4.89. The third-order valence-corrected chi connectivity index (χ3v) is 7.68. The molecule has 1 N–H and O–H groups in total. The van der Waals surface area contributed by atoms with E-state index in [2.05, 4.69) is 57.9 Å². The third-order valence-electron chi connectivity index (χ3n) is 7.68. The van der Waals surface area contributed by atoms with Crippen LogP contribution in [-0.2, 0) is 16.6 Å². The van der Waals surface area contributed by atoms with Crippen molar-refractivity contribution >= 4 is 11.6 Å². The second kappa shape index (κ2) is 9.04. The Hall–Kier alpha value is -3.54. The molecule has 0 amide bonds. The topological polar surface area (TPSA) is 64.1 Å². The minimum absolute atomic E-state index is 0.0822. The lowest BCUT2D eigenvalue weighted by Crippen LogP contribution is -2.42. The van der Waals surface area contributed by atoms with Crippen LogP contribution in [0.25, 0.3) is 11.1 Å². The van der Waals surface area contributed by atoms with Gasteiger partial charge in [0, 0.05) is 29.5 Å². The summed E-state index contributed by atoms with van der Waals surface area (Å²) >= 11 is 0. The van der Waals surface area contributed by atoms with E-state index >= 15 is 4.39 Å². The van der Waals surface area contributed by atoms with Crippen LogP contribution in [0.4, 0.5) is 10.2 Å². The van der Waals surface area contributed by atoms with Crippen LogP contribution in [0.1, 0.15) is 71.1 Å². The Morgan fingerprint density at radius 1 is 1.08 bits per heavy atom. The molecule has 6 heteroatoms. The van der Waals surface area contributed by atoms with Crippen molar-refractivity contribution < 1.29 is 13.9 Å². The van der Waals surface area contributed by atoms with E-state index < -0.39 is 11.2 Å². The molecule has 0 saturated heterocycles. The third kappa shape index (κ3) is 4.50. The lowest BCUT2D eigenvalue weighted by Gasteiger charge is -2.45. The molecule has 3 heterocycles. The number of halogens is 1. The van der Waals surface area contributed by atoms with Crippen molar-refractivity contribution in [3.63, 3.8) is 0 Å². The van der Waals surface area contributed by atoms with Crippen molar-refractivity contribution in [3.05, 3.63) is 82.7 Å². The van der Waals surface area contributed by atoms with Crippen LogP contribution >= 0.6 is 0 Å². The fraction of sp³-hybridized carbons (Fsp3) is 0.406. The van der Waals surface area contributed by atoms with Crippen molar-refractivity contribution in [2.45, 2.75) is 66.2 Å². The molecule has 198 valence electrons. The minimum atomic E-state index is -0.767. The first-order chi connectivity index (χ1) is 17.8. The lowest BCUT2D eigenvalue weighted by molar-refractivity contribution is -0.118. The van der Waals surface area contributed by atoms with Crippen LogP contribution in [0.3, 0.4) is 0 Å². The average Bonchev–Trinajstić information content (AvgIpc) is 2.82. The molecule has 0 saturated carbocycles. The van der Waals surface area contributed by atoms with E-state index in [0.29, 0.717) is 23.3 Å². The van der Waals surface area contributed by atoms with Gasteiger partial charge in [-0.3, -0.25) is 9.78 Å². The van der Waals surface area contributed by atoms with E-state index in [-0.39, 0.29) is 16.6 Å². The number of hydrogen-bond acceptors (Lipinski definition) is 5. The van der Waals surface area contributed by atoms with Gasteiger partial charge in [-0.1, -0.05) is 52.8 Å². The number of methoxy groups -OCH3 is 1. The highest BCUT2D eigenvalue weighted by Gasteiger charge is 2.48. The number of anilines is 1. The first-order valence-corrected chi connectivity index (χ1v) is 13.1. The Bertz CT molecular complexity index is 1470. The molecule has 0 bridgehead atoms. The summed E-state index contributed by atoms with van der Waals surface area (Å²) in [4.78, 5) is 22.7. The maximum Gasteiger partial charge on any atom is 0.162 e. The molecule has 0 unspecified atom stereocenters. The molecule has 1 atom stereocenters. The predicted octanol–water partition coefficient (Wildman–Crippen LogP) is 7.25. The van der Waals surface area contributed by atoms with Crippen LogP contribution in [0.5, 0.6) is 5.75 Å². The molecule has 5 rings (SSSR count). The number of fused-ring (bicyclic) bond motifs is 1. The Labute approximate surface area is 224 Å². The van der Waals surface area contributed by atoms with Crippen molar-refractivity contribution in [3.8, 4) is 16.9 Å². The molecule has 0 fully saturated rings. The van der Waals surface area contributed by atoms with Gasteiger partial charge in [-0.25, -0.2) is 9.37 Å². The Kier molecular flexibility index (Phi) is 6.20. The molecule has 3 aromatic rings. The number of aromatic nitrogens is 2. The zero-order valence-electron chi connectivity index (χ0n) is 23.3. The summed E-state index contributed by atoms with van der Waals surface area (Å²) in [7, 11) is 1.51. The van der Waals surface area contributed by atoms with E-state index in [1.165, 1.54) is 19.5 Å². The zero-order valence-corrected chi connectivity index (χ0v) is 23.3. The van der Waals surface area contributed by atoms with Gasteiger partial charge in [-0.2, -0.15) is 0 Å². The first-order valence-electron chi connectivity index (χ1n) is 13.1. The highest BCUT2D eigenvalue weighted by Crippen LogP contribution is 2.52. The summed E-state index contributed by atoms with van der Waals surface area (Å²) in [5.74, 6) is 0.813.